The molecule has 2 rings (SSSR count). The minimum Gasteiger partial charge on any atom is -0.466 e. The van der Waals surface area contributed by atoms with Crippen LogP contribution in [0.4, 0.5) is 0 Å². The molecular weight excluding hydrogens is 424 g/mol. The molecule has 3 N–H and O–H groups in total. The summed E-state index contributed by atoms with van der Waals surface area (Å²) in [5.41, 5.74) is 0. The second-order valence-electron chi connectivity index (χ2n) is 8.18. The number of esters is 1. The molecule has 31 heavy (non-hydrogen) atoms. The van der Waals surface area contributed by atoms with E-state index in [1.807, 2.05) is 0 Å². The molecular formula is C21H37ClN4O5. The molecule has 0 aromatic heterocycles. The van der Waals surface area contributed by atoms with Gasteiger partial charge in [0.15, 0.2) is 0 Å². The zero-order valence-corrected chi connectivity index (χ0v) is 19.4. The van der Waals surface area contributed by atoms with Crippen molar-refractivity contribution in [1.82, 2.24) is 20.9 Å². The topological polar surface area (TPSA) is 117 Å². The maximum Gasteiger partial charge on any atom is 0.309 e. The molecule has 2 saturated heterocycles. The average Bonchev–Trinajstić information content (AvgIpc) is 2.72. The summed E-state index contributed by atoms with van der Waals surface area (Å²) in [6.07, 6.45) is 4.14. The van der Waals surface area contributed by atoms with Crippen molar-refractivity contribution in [2.24, 2.45) is 11.8 Å². The fourth-order valence-corrected chi connectivity index (χ4v) is 4.13. The van der Waals surface area contributed by atoms with Crippen molar-refractivity contribution in [2.75, 3.05) is 32.8 Å². The van der Waals surface area contributed by atoms with E-state index in [9.17, 15) is 19.2 Å². The standard InChI is InChI=1S/C21H36N4O5.ClH/c1-3-30-20(28)13-18(23-15(2)26)24-21(29)17-5-4-12-25(14-17)19(27)7-6-16-8-10-22-11-9-16;/h16-18,22H,3-14H2,1-2H3,(H,23,26)(H,24,29);1H/t17-,18+;/m1./s1. The highest BCUT2D eigenvalue weighted by Gasteiger charge is 2.30. The van der Waals surface area contributed by atoms with Gasteiger partial charge in [0, 0.05) is 26.4 Å². The number of hydrogen-bond acceptors (Lipinski definition) is 6. The summed E-state index contributed by atoms with van der Waals surface area (Å²) < 4.78 is 4.91. The van der Waals surface area contributed by atoms with E-state index in [0.29, 0.717) is 31.8 Å². The number of nitrogens with one attached hydrogen (secondary N) is 3. The fraction of sp³-hybridized carbons (Fsp3) is 0.810. The maximum absolute atomic E-state index is 12.7. The SMILES string of the molecule is CCOC(=O)C[C@@H](NC(C)=O)NC(=O)[C@@H]1CCCN(C(=O)CCC2CCNCC2)C1.Cl. The summed E-state index contributed by atoms with van der Waals surface area (Å²) in [7, 11) is 0. The predicted molar refractivity (Wildman–Crippen MR) is 118 cm³/mol. The highest BCUT2D eigenvalue weighted by atomic mass is 35.5. The van der Waals surface area contributed by atoms with Gasteiger partial charge in [-0.1, -0.05) is 0 Å². The molecule has 9 nitrogen and oxygen atoms in total. The van der Waals surface area contributed by atoms with Gasteiger partial charge < -0.3 is 25.6 Å². The second kappa shape index (κ2) is 14.2. The summed E-state index contributed by atoms with van der Waals surface area (Å²) in [6.45, 7) is 6.35. The number of piperidine rings is 2. The smallest absolute Gasteiger partial charge is 0.309 e. The van der Waals surface area contributed by atoms with Crippen LogP contribution in [0.3, 0.4) is 0 Å². The molecule has 2 atom stereocenters. The van der Waals surface area contributed by atoms with Crippen LogP contribution in [0.5, 0.6) is 0 Å². The minimum absolute atomic E-state index is 0. The molecule has 2 aliphatic heterocycles. The molecule has 0 bridgehead atoms. The zero-order chi connectivity index (χ0) is 21.9. The molecule has 0 aromatic rings. The third-order valence-corrected chi connectivity index (χ3v) is 5.74. The Morgan fingerprint density at radius 3 is 2.48 bits per heavy atom. The molecule has 0 aromatic carbocycles. The van der Waals surface area contributed by atoms with E-state index >= 15 is 0 Å². The summed E-state index contributed by atoms with van der Waals surface area (Å²) in [4.78, 5) is 50.4. The fourth-order valence-electron chi connectivity index (χ4n) is 4.13. The van der Waals surface area contributed by atoms with Crippen LogP contribution in [-0.2, 0) is 23.9 Å². The van der Waals surface area contributed by atoms with E-state index in [2.05, 4.69) is 16.0 Å². The molecule has 10 heteroatoms. The van der Waals surface area contributed by atoms with Crippen molar-refractivity contribution in [3.05, 3.63) is 0 Å². The Balaban J connectivity index is 0.00000480. The normalized spacial score (nSPS) is 20.2. The van der Waals surface area contributed by atoms with Crippen LogP contribution in [0, 0.1) is 11.8 Å². The summed E-state index contributed by atoms with van der Waals surface area (Å²) >= 11 is 0. The Bertz CT molecular complexity index is 613. The van der Waals surface area contributed by atoms with E-state index in [-0.39, 0.29) is 49.1 Å². The summed E-state index contributed by atoms with van der Waals surface area (Å²) in [6, 6.07) is 0. The van der Waals surface area contributed by atoms with Crippen LogP contribution in [0.25, 0.3) is 0 Å². The third-order valence-electron chi connectivity index (χ3n) is 5.74. The highest BCUT2D eigenvalue weighted by molar-refractivity contribution is 5.85. The van der Waals surface area contributed by atoms with Gasteiger partial charge in [-0.25, -0.2) is 0 Å². The molecule has 2 aliphatic rings. The first-order chi connectivity index (χ1) is 14.4. The first-order valence-corrected chi connectivity index (χ1v) is 11.1. The Labute approximate surface area is 190 Å². The summed E-state index contributed by atoms with van der Waals surface area (Å²) in [5, 5.41) is 8.64. The van der Waals surface area contributed by atoms with Crippen LogP contribution in [0.1, 0.15) is 58.8 Å². The number of amides is 3. The van der Waals surface area contributed by atoms with Gasteiger partial charge >= 0.3 is 5.97 Å². The lowest BCUT2D eigenvalue weighted by atomic mass is 9.92. The monoisotopic (exact) mass is 460 g/mol. The predicted octanol–water partition coefficient (Wildman–Crippen LogP) is 0.958. The highest BCUT2D eigenvalue weighted by Crippen LogP contribution is 2.21. The number of rotatable bonds is 9. The van der Waals surface area contributed by atoms with Gasteiger partial charge in [0.05, 0.1) is 18.9 Å². The zero-order valence-electron chi connectivity index (χ0n) is 18.6. The third kappa shape index (κ3) is 9.86. The number of halogens is 1. The molecule has 2 fully saturated rings. The molecule has 2 heterocycles. The number of hydrogen-bond donors (Lipinski definition) is 3. The van der Waals surface area contributed by atoms with Crippen LogP contribution < -0.4 is 16.0 Å². The van der Waals surface area contributed by atoms with E-state index in [1.165, 1.54) is 6.92 Å². The lowest BCUT2D eigenvalue weighted by Gasteiger charge is -2.33. The average molecular weight is 461 g/mol. The quantitative estimate of drug-likeness (QED) is 0.348. The van der Waals surface area contributed by atoms with Gasteiger partial charge in [0.2, 0.25) is 17.7 Å². The molecule has 0 saturated carbocycles. The van der Waals surface area contributed by atoms with Crippen molar-refractivity contribution < 1.29 is 23.9 Å². The second-order valence-corrected chi connectivity index (χ2v) is 8.18. The lowest BCUT2D eigenvalue weighted by Crippen LogP contribution is -2.53. The summed E-state index contributed by atoms with van der Waals surface area (Å²) in [5.74, 6) is -0.733. The Kier molecular flexibility index (Phi) is 12.5. The van der Waals surface area contributed by atoms with E-state index < -0.39 is 12.1 Å². The lowest BCUT2D eigenvalue weighted by molar-refractivity contribution is -0.144. The molecule has 0 unspecified atom stereocenters. The van der Waals surface area contributed by atoms with E-state index in [1.54, 1.807) is 11.8 Å². The minimum atomic E-state index is -0.819. The van der Waals surface area contributed by atoms with Gasteiger partial charge in [-0.3, -0.25) is 19.2 Å². The Hall–Kier alpha value is -1.87. The first kappa shape index (κ1) is 27.2. The van der Waals surface area contributed by atoms with Gasteiger partial charge in [0.1, 0.15) is 6.17 Å². The first-order valence-electron chi connectivity index (χ1n) is 11.1. The van der Waals surface area contributed by atoms with Crippen molar-refractivity contribution in [3.8, 4) is 0 Å². The number of likely N-dealkylation sites (tertiary alicyclic amines) is 1. The van der Waals surface area contributed by atoms with Gasteiger partial charge in [-0.15, -0.1) is 12.4 Å². The number of ether oxygens (including phenoxy) is 1. The van der Waals surface area contributed by atoms with Crippen molar-refractivity contribution in [2.45, 2.75) is 65.0 Å². The largest absolute Gasteiger partial charge is 0.466 e. The van der Waals surface area contributed by atoms with Crippen LogP contribution >= 0.6 is 12.4 Å². The van der Waals surface area contributed by atoms with Crippen molar-refractivity contribution >= 4 is 36.1 Å². The number of carbonyl (C=O) groups excluding carboxylic acids is 4. The van der Waals surface area contributed by atoms with Crippen LogP contribution in [-0.4, -0.2) is 67.5 Å². The molecule has 178 valence electrons. The Morgan fingerprint density at radius 1 is 1.13 bits per heavy atom. The van der Waals surface area contributed by atoms with Gasteiger partial charge in [-0.2, -0.15) is 0 Å². The van der Waals surface area contributed by atoms with Crippen LogP contribution in [0.2, 0.25) is 0 Å². The van der Waals surface area contributed by atoms with Crippen LogP contribution in [0.15, 0.2) is 0 Å². The number of carbonyl (C=O) groups is 4. The van der Waals surface area contributed by atoms with Gasteiger partial charge in [0.25, 0.3) is 0 Å². The molecule has 0 spiro atoms. The maximum atomic E-state index is 12.7. The van der Waals surface area contributed by atoms with Crippen molar-refractivity contribution in [3.63, 3.8) is 0 Å². The van der Waals surface area contributed by atoms with Gasteiger partial charge in [-0.05, 0) is 58.0 Å². The molecule has 0 aliphatic carbocycles. The van der Waals surface area contributed by atoms with E-state index in [4.69, 9.17) is 4.74 Å². The molecule has 3 amide bonds. The van der Waals surface area contributed by atoms with Crippen molar-refractivity contribution in [1.29, 1.82) is 0 Å². The number of nitrogens with zero attached hydrogens (tertiary/aromatic N) is 1. The Morgan fingerprint density at radius 2 is 1.84 bits per heavy atom. The van der Waals surface area contributed by atoms with E-state index in [0.717, 1.165) is 38.8 Å². The molecule has 0 radical (unpaired) electrons.